The molecule has 1 amide bonds. The van der Waals surface area contributed by atoms with Crippen LogP contribution in [0.5, 0.6) is 0 Å². The molecule has 2 aromatic rings. The number of hydrogen-bond acceptors (Lipinski definition) is 6. The summed E-state index contributed by atoms with van der Waals surface area (Å²) in [5.74, 6) is -1.84. The minimum Gasteiger partial charge on any atom is -0.478 e. The first-order chi connectivity index (χ1) is 16.4. The zero-order valence-corrected chi connectivity index (χ0v) is 21.6. The molecule has 1 aliphatic heterocycles. The molecule has 188 valence electrons. The Labute approximate surface area is 213 Å². The van der Waals surface area contributed by atoms with E-state index in [0.29, 0.717) is 24.5 Å². The number of aromatic carboxylic acids is 1. The lowest BCUT2D eigenvalue weighted by Crippen LogP contribution is -2.34. The maximum absolute atomic E-state index is 15.2. The van der Waals surface area contributed by atoms with Gasteiger partial charge in [0, 0.05) is 26.1 Å². The van der Waals surface area contributed by atoms with Gasteiger partial charge in [-0.15, -0.1) is 0 Å². The molecule has 8 nitrogen and oxygen atoms in total. The van der Waals surface area contributed by atoms with Crippen molar-refractivity contribution in [2.75, 3.05) is 28.7 Å². The highest BCUT2D eigenvalue weighted by atomic mass is 35.5. The average Bonchev–Trinajstić information content (AvgIpc) is 3.28. The molecule has 0 bridgehead atoms. The summed E-state index contributed by atoms with van der Waals surface area (Å²) < 4.78 is 15.2. The first-order valence-electron chi connectivity index (χ1n) is 11.5. The van der Waals surface area contributed by atoms with Gasteiger partial charge in [0.25, 0.3) is 0 Å². The fourth-order valence-corrected chi connectivity index (χ4v) is 5.66. The number of carboxylic acid groups (broad SMARTS) is 1. The molecule has 2 N–H and O–H groups in total. The monoisotopic (exact) mass is 523 g/mol. The number of halogens is 3. The van der Waals surface area contributed by atoms with Crippen molar-refractivity contribution < 1.29 is 19.1 Å². The van der Waals surface area contributed by atoms with Crippen molar-refractivity contribution in [1.82, 2.24) is 9.97 Å². The predicted octanol–water partition coefficient (Wildman–Crippen LogP) is 5.78. The number of rotatable bonds is 4. The lowest BCUT2D eigenvalue weighted by molar-refractivity contribution is -0.118. The molecule has 1 saturated carbocycles. The molecule has 4 rings (SSSR count). The van der Waals surface area contributed by atoms with Crippen LogP contribution in [0.3, 0.4) is 0 Å². The second-order valence-electron chi connectivity index (χ2n) is 9.98. The summed E-state index contributed by atoms with van der Waals surface area (Å²) in [6.45, 7) is 5.75. The van der Waals surface area contributed by atoms with Gasteiger partial charge in [0.15, 0.2) is 11.6 Å². The highest BCUT2D eigenvalue weighted by Crippen LogP contribution is 2.45. The number of carboxylic acids is 1. The van der Waals surface area contributed by atoms with Crippen LogP contribution < -0.4 is 15.1 Å². The van der Waals surface area contributed by atoms with Gasteiger partial charge in [0.2, 0.25) is 11.9 Å². The quantitative estimate of drug-likeness (QED) is 0.490. The number of hydrogen-bond donors (Lipinski definition) is 2. The normalized spacial score (nSPS) is 16.9. The smallest absolute Gasteiger partial charge is 0.339 e. The molecule has 35 heavy (non-hydrogen) atoms. The van der Waals surface area contributed by atoms with E-state index < -0.39 is 27.8 Å². The molecule has 1 fully saturated rings. The number of aromatic nitrogens is 2. The summed E-state index contributed by atoms with van der Waals surface area (Å²) in [5, 5.41) is 12.1. The minimum atomic E-state index is -1.45. The standard InChI is InChI=1S/C24H28Cl2FN5O3/c1-24(2,3)16-15(22(34)35)19(27)18(26)20(17(16)25)29-23-28-11-13-21(30-23)32(12-7-5-6-8-12)10-9-14(33)31(13)4/h11-12H,5-10H2,1-4H3,(H,34,35)(H,28,29,30). The minimum absolute atomic E-state index is 0.00817. The molecular formula is C24H28Cl2FN5O3. The van der Waals surface area contributed by atoms with Crippen molar-refractivity contribution in [3.8, 4) is 0 Å². The molecule has 0 spiro atoms. The van der Waals surface area contributed by atoms with E-state index in [1.165, 1.54) is 0 Å². The van der Waals surface area contributed by atoms with Crippen LogP contribution in [0.2, 0.25) is 10.0 Å². The molecule has 11 heteroatoms. The van der Waals surface area contributed by atoms with Gasteiger partial charge in [-0.1, -0.05) is 56.8 Å². The number of amides is 1. The van der Waals surface area contributed by atoms with Crippen LogP contribution in [0.15, 0.2) is 6.20 Å². The number of anilines is 4. The predicted molar refractivity (Wildman–Crippen MR) is 135 cm³/mol. The molecule has 1 aromatic carbocycles. The van der Waals surface area contributed by atoms with Crippen molar-refractivity contribution in [1.29, 1.82) is 0 Å². The first kappa shape index (κ1) is 25.4. The fraction of sp³-hybridized carbons (Fsp3) is 0.500. The highest BCUT2D eigenvalue weighted by Gasteiger charge is 2.34. The summed E-state index contributed by atoms with van der Waals surface area (Å²) >= 11 is 12.9. The van der Waals surface area contributed by atoms with Crippen LogP contribution >= 0.6 is 23.2 Å². The van der Waals surface area contributed by atoms with Gasteiger partial charge in [-0.3, -0.25) is 4.79 Å². The maximum atomic E-state index is 15.2. The van der Waals surface area contributed by atoms with Crippen LogP contribution in [0.1, 0.15) is 68.8 Å². The number of carbonyl (C=O) groups is 2. The van der Waals surface area contributed by atoms with Gasteiger partial charge in [-0.05, 0) is 23.8 Å². The third-order valence-electron chi connectivity index (χ3n) is 6.61. The molecule has 2 heterocycles. The van der Waals surface area contributed by atoms with Crippen molar-refractivity contribution in [2.45, 2.75) is 64.3 Å². The van der Waals surface area contributed by atoms with Crippen LogP contribution in [-0.2, 0) is 10.2 Å². The van der Waals surface area contributed by atoms with E-state index in [9.17, 15) is 14.7 Å². The van der Waals surface area contributed by atoms with E-state index in [-0.39, 0.29) is 34.2 Å². The maximum Gasteiger partial charge on any atom is 0.339 e. The highest BCUT2D eigenvalue weighted by molar-refractivity contribution is 6.40. The summed E-state index contributed by atoms with van der Waals surface area (Å²) in [4.78, 5) is 37.1. The average molecular weight is 524 g/mol. The third-order valence-corrected chi connectivity index (χ3v) is 7.34. The summed E-state index contributed by atoms with van der Waals surface area (Å²) in [7, 11) is 1.69. The lowest BCUT2D eigenvalue weighted by atomic mass is 9.83. The molecule has 1 aromatic heterocycles. The Hall–Kier alpha value is -2.65. The zero-order valence-electron chi connectivity index (χ0n) is 20.1. The molecule has 0 unspecified atom stereocenters. The van der Waals surface area contributed by atoms with E-state index in [2.05, 4.69) is 15.2 Å². The fourth-order valence-electron chi connectivity index (χ4n) is 4.86. The summed E-state index contributed by atoms with van der Waals surface area (Å²) in [6, 6.07) is 0.266. The van der Waals surface area contributed by atoms with Gasteiger partial charge in [-0.2, -0.15) is 4.98 Å². The summed E-state index contributed by atoms with van der Waals surface area (Å²) in [6.07, 6.45) is 6.17. The molecule has 1 aliphatic carbocycles. The van der Waals surface area contributed by atoms with E-state index in [1.54, 1.807) is 38.9 Å². The topological polar surface area (TPSA) is 98.7 Å². The second kappa shape index (κ2) is 9.43. The van der Waals surface area contributed by atoms with Gasteiger partial charge in [-0.25, -0.2) is 14.2 Å². The van der Waals surface area contributed by atoms with Crippen molar-refractivity contribution in [3.63, 3.8) is 0 Å². The Morgan fingerprint density at radius 2 is 1.89 bits per heavy atom. The second-order valence-corrected chi connectivity index (χ2v) is 10.7. The van der Waals surface area contributed by atoms with Crippen molar-refractivity contribution in [2.24, 2.45) is 0 Å². The zero-order chi connectivity index (χ0) is 25.7. The number of carbonyl (C=O) groups excluding carboxylic acids is 1. The van der Waals surface area contributed by atoms with Gasteiger partial charge < -0.3 is 20.2 Å². The van der Waals surface area contributed by atoms with Crippen molar-refractivity contribution in [3.05, 3.63) is 33.2 Å². The van der Waals surface area contributed by atoms with Gasteiger partial charge >= 0.3 is 5.97 Å². The Balaban J connectivity index is 1.83. The molecule has 0 atom stereocenters. The molecule has 0 radical (unpaired) electrons. The molecule has 0 saturated heterocycles. The Bertz CT molecular complexity index is 1190. The summed E-state index contributed by atoms with van der Waals surface area (Å²) in [5.41, 5.74) is -0.655. The number of nitrogens with one attached hydrogen (secondary N) is 1. The first-order valence-corrected chi connectivity index (χ1v) is 12.3. The largest absolute Gasteiger partial charge is 0.478 e. The Morgan fingerprint density at radius 3 is 2.49 bits per heavy atom. The van der Waals surface area contributed by atoms with Crippen LogP contribution in [0.25, 0.3) is 0 Å². The Kier molecular flexibility index (Phi) is 6.85. The van der Waals surface area contributed by atoms with Crippen LogP contribution in [0.4, 0.5) is 27.5 Å². The number of nitrogens with zero attached hydrogens (tertiary/aromatic N) is 4. The Morgan fingerprint density at radius 1 is 1.23 bits per heavy atom. The van der Waals surface area contributed by atoms with E-state index >= 15 is 4.39 Å². The van der Waals surface area contributed by atoms with E-state index in [4.69, 9.17) is 28.2 Å². The third kappa shape index (κ3) is 4.63. The van der Waals surface area contributed by atoms with Crippen LogP contribution in [-0.4, -0.2) is 46.6 Å². The van der Waals surface area contributed by atoms with Crippen LogP contribution in [0, 0.1) is 5.82 Å². The van der Waals surface area contributed by atoms with Gasteiger partial charge in [0.1, 0.15) is 16.3 Å². The SMILES string of the molecule is CN1C(=O)CCN(C2CCCC2)c2nc(Nc3c(Cl)c(F)c(C(=O)O)c(C(C)(C)C)c3Cl)ncc21. The van der Waals surface area contributed by atoms with E-state index in [0.717, 1.165) is 25.7 Å². The molecular weight excluding hydrogens is 496 g/mol. The van der Waals surface area contributed by atoms with E-state index in [1.807, 2.05) is 0 Å². The van der Waals surface area contributed by atoms with Gasteiger partial charge in [0.05, 0.1) is 16.9 Å². The lowest BCUT2D eigenvalue weighted by Gasteiger charge is -2.30. The number of fused-ring (bicyclic) bond motifs is 1. The molecule has 2 aliphatic rings. The number of benzene rings is 1. The van der Waals surface area contributed by atoms with Crippen molar-refractivity contribution >= 4 is 58.2 Å².